The molecule has 1 aromatic heterocycles. The van der Waals surface area contributed by atoms with Crippen LogP contribution in [0.15, 0.2) is 59.8 Å². The lowest BCUT2D eigenvalue weighted by atomic mass is 10.1. The highest BCUT2D eigenvalue weighted by Gasteiger charge is 2.18. The van der Waals surface area contributed by atoms with Crippen molar-refractivity contribution >= 4 is 23.0 Å². The molecule has 1 heterocycles. The summed E-state index contributed by atoms with van der Waals surface area (Å²) in [4.78, 5) is 12.6. The molecule has 1 unspecified atom stereocenters. The fourth-order valence-corrected chi connectivity index (χ4v) is 3.25. The molecule has 1 atom stereocenters. The first-order valence-electron chi connectivity index (χ1n) is 8.07. The molecule has 8 heteroatoms. The number of carbonyl (C=O) groups excluding carboxylic acids is 1. The van der Waals surface area contributed by atoms with Gasteiger partial charge in [-0.25, -0.2) is 4.68 Å². The Labute approximate surface area is 159 Å². The smallest absolute Gasteiger partial charge is 0.228 e. The molecule has 7 nitrogen and oxygen atoms in total. The number of carbonyl (C=O) groups is 1. The molecule has 0 radical (unpaired) electrons. The number of aryl methyl sites for hydroxylation is 1. The van der Waals surface area contributed by atoms with Crippen LogP contribution in [0.3, 0.4) is 0 Å². The predicted octanol–water partition coefficient (Wildman–Crippen LogP) is 2.21. The highest BCUT2D eigenvalue weighted by molar-refractivity contribution is 7.89. The lowest BCUT2D eigenvalue weighted by Gasteiger charge is -2.12. The molecule has 0 aliphatic carbocycles. The Bertz CT molecular complexity index is 1020. The number of rotatable bonds is 5. The van der Waals surface area contributed by atoms with Crippen molar-refractivity contribution < 1.29 is 9.35 Å². The third kappa shape index (κ3) is 4.35. The molecule has 0 spiro atoms. The third-order valence-electron chi connectivity index (χ3n) is 4.03. The zero-order valence-corrected chi connectivity index (χ0v) is 15.4. The second-order valence-electron chi connectivity index (χ2n) is 5.92. The van der Waals surface area contributed by atoms with Gasteiger partial charge in [-0.15, -0.1) is 5.14 Å². The molecule has 0 saturated heterocycles. The topological polar surface area (TPSA) is 120 Å². The van der Waals surface area contributed by atoms with Gasteiger partial charge >= 0.3 is 0 Å². The SMILES string of the molecule is Cc1ccccc1CC(=O)Nc1ccc(-n2cc(C#N)cn2)c([S+](N)[O-])c1. The van der Waals surface area contributed by atoms with Crippen molar-refractivity contribution in [3.63, 3.8) is 0 Å². The van der Waals surface area contributed by atoms with Crippen LogP contribution < -0.4 is 10.5 Å². The minimum absolute atomic E-state index is 0.184. The van der Waals surface area contributed by atoms with Crippen molar-refractivity contribution in [3.05, 3.63) is 71.5 Å². The molecule has 0 aliphatic rings. The van der Waals surface area contributed by atoms with Crippen LogP contribution in [0.4, 0.5) is 5.69 Å². The molecule has 0 aliphatic heterocycles. The lowest BCUT2D eigenvalue weighted by Crippen LogP contribution is -2.18. The van der Waals surface area contributed by atoms with E-state index in [0.717, 1.165) is 11.1 Å². The molecule has 1 amide bonds. The lowest BCUT2D eigenvalue weighted by molar-refractivity contribution is -0.115. The summed E-state index contributed by atoms with van der Waals surface area (Å²) in [5.74, 6) is -0.184. The summed E-state index contributed by atoms with van der Waals surface area (Å²) in [5, 5.41) is 21.4. The maximum atomic E-state index is 12.3. The van der Waals surface area contributed by atoms with E-state index in [9.17, 15) is 9.35 Å². The largest absolute Gasteiger partial charge is 0.593 e. The second-order valence-corrected chi connectivity index (χ2v) is 6.95. The van der Waals surface area contributed by atoms with Crippen molar-refractivity contribution in [1.82, 2.24) is 9.78 Å². The molecule has 3 N–H and O–H groups in total. The van der Waals surface area contributed by atoms with E-state index in [-0.39, 0.29) is 12.3 Å². The molecular formula is C19H17N5O2S. The fraction of sp³-hybridized carbons (Fsp3) is 0.105. The molecule has 3 rings (SSSR count). The number of nitriles is 1. The van der Waals surface area contributed by atoms with Crippen LogP contribution in [0, 0.1) is 18.3 Å². The Balaban J connectivity index is 1.83. The van der Waals surface area contributed by atoms with Gasteiger partial charge in [-0.05, 0) is 30.2 Å². The Hall–Kier alpha value is -3.12. The van der Waals surface area contributed by atoms with Crippen molar-refractivity contribution in [3.8, 4) is 11.8 Å². The van der Waals surface area contributed by atoms with E-state index in [1.807, 2.05) is 37.3 Å². The van der Waals surface area contributed by atoms with Crippen molar-refractivity contribution in [2.75, 3.05) is 5.32 Å². The summed E-state index contributed by atoms with van der Waals surface area (Å²) in [6.07, 6.45) is 3.16. The van der Waals surface area contributed by atoms with Gasteiger partial charge in [-0.2, -0.15) is 10.4 Å². The number of aromatic nitrogens is 2. The average Bonchev–Trinajstić information content (AvgIpc) is 3.12. The van der Waals surface area contributed by atoms with E-state index in [1.54, 1.807) is 18.2 Å². The predicted molar refractivity (Wildman–Crippen MR) is 102 cm³/mol. The second kappa shape index (κ2) is 8.05. The minimum atomic E-state index is -1.80. The number of nitrogens with two attached hydrogens (primary N) is 1. The highest BCUT2D eigenvalue weighted by atomic mass is 32.2. The van der Waals surface area contributed by atoms with Crippen LogP contribution in [0.25, 0.3) is 5.69 Å². The number of amides is 1. The number of hydrogen-bond donors (Lipinski definition) is 2. The zero-order chi connectivity index (χ0) is 19.4. The number of hydrogen-bond acceptors (Lipinski definition) is 5. The molecule has 0 fully saturated rings. The van der Waals surface area contributed by atoms with Crippen LogP contribution in [-0.4, -0.2) is 20.2 Å². The molecule has 27 heavy (non-hydrogen) atoms. The number of nitrogens with zero attached hydrogens (tertiary/aromatic N) is 3. The van der Waals surface area contributed by atoms with Gasteiger partial charge in [0.15, 0.2) is 0 Å². The zero-order valence-electron chi connectivity index (χ0n) is 14.5. The first-order valence-corrected chi connectivity index (χ1v) is 9.29. The number of benzene rings is 2. The highest BCUT2D eigenvalue weighted by Crippen LogP contribution is 2.23. The van der Waals surface area contributed by atoms with Gasteiger partial charge in [0.1, 0.15) is 11.8 Å². The number of nitrogens with one attached hydrogen (secondary N) is 1. The quantitative estimate of drug-likeness (QED) is 0.659. The summed E-state index contributed by atoms with van der Waals surface area (Å²) in [6, 6.07) is 14.5. The average molecular weight is 379 g/mol. The Kier molecular flexibility index (Phi) is 5.57. The Morgan fingerprint density at radius 1 is 1.37 bits per heavy atom. The molecular weight excluding hydrogens is 362 g/mol. The maximum Gasteiger partial charge on any atom is 0.228 e. The Morgan fingerprint density at radius 3 is 2.81 bits per heavy atom. The minimum Gasteiger partial charge on any atom is -0.593 e. The monoisotopic (exact) mass is 379 g/mol. The van der Waals surface area contributed by atoms with Crippen LogP contribution in [0.2, 0.25) is 0 Å². The van der Waals surface area contributed by atoms with Crippen molar-refractivity contribution in [2.24, 2.45) is 5.14 Å². The van der Waals surface area contributed by atoms with Gasteiger partial charge in [-0.1, -0.05) is 24.3 Å². The third-order valence-corrected chi connectivity index (χ3v) is 4.79. The van der Waals surface area contributed by atoms with E-state index in [4.69, 9.17) is 10.4 Å². The summed E-state index contributed by atoms with van der Waals surface area (Å²) >= 11 is -1.80. The standard InChI is InChI=1S/C19H17N5O2S/c1-13-4-2-3-5-15(13)8-19(25)23-16-6-7-17(18(9-16)27(21)26)24-12-14(10-20)11-22-24/h2-7,9,11-12H,8,21H2,1H3,(H,23,25). The normalized spacial score (nSPS) is 11.6. The van der Waals surface area contributed by atoms with Crippen LogP contribution in [-0.2, 0) is 22.6 Å². The van der Waals surface area contributed by atoms with Gasteiger partial charge in [0.05, 0.1) is 29.5 Å². The molecule has 0 bridgehead atoms. The van der Waals surface area contributed by atoms with Gasteiger partial charge in [0.25, 0.3) is 0 Å². The van der Waals surface area contributed by atoms with Gasteiger partial charge in [0.2, 0.25) is 10.8 Å². The van der Waals surface area contributed by atoms with Crippen molar-refractivity contribution in [2.45, 2.75) is 18.2 Å². The fourth-order valence-electron chi connectivity index (χ4n) is 2.64. The van der Waals surface area contributed by atoms with Gasteiger partial charge in [-0.3, -0.25) is 4.79 Å². The maximum absolute atomic E-state index is 12.3. The van der Waals surface area contributed by atoms with Crippen molar-refractivity contribution in [1.29, 1.82) is 5.26 Å². The van der Waals surface area contributed by atoms with Gasteiger partial charge < -0.3 is 9.87 Å². The first-order chi connectivity index (χ1) is 13.0. The van der Waals surface area contributed by atoms with E-state index in [2.05, 4.69) is 10.4 Å². The van der Waals surface area contributed by atoms with E-state index < -0.39 is 11.4 Å². The molecule has 0 saturated carbocycles. The van der Waals surface area contributed by atoms with Crippen LogP contribution >= 0.6 is 0 Å². The first kappa shape index (κ1) is 18.7. The summed E-state index contributed by atoms with van der Waals surface area (Å²) in [5.41, 5.74) is 3.32. The number of anilines is 1. The Morgan fingerprint density at radius 2 is 2.15 bits per heavy atom. The van der Waals surface area contributed by atoms with E-state index in [1.165, 1.54) is 17.1 Å². The summed E-state index contributed by atoms with van der Waals surface area (Å²) < 4.78 is 13.4. The van der Waals surface area contributed by atoms with E-state index in [0.29, 0.717) is 21.8 Å². The summed E-state index contributed by atoms with van der Waals surface area (Å²) in [6.45, 7) is 1.95. The summed E-state index contributed by atoms with van der Waals surface area (Å²) in [7, 11) is 0. The van der Waals surface area contributed by atoms with Gasteiger partial charge in [0, 0.05) is 18.0 Å². The van der Waals surface area contributed by atoms with Crippen LogP contribution in [0.5, 0.6) is 0 Å². The molecule has 136 valence electrons. The van der Waals surface area contributed by atoms with Crippen LogP contribution in [0.1, 0.15) is 16.7 Å². The van der Waals surface area contributed by atoms with E-state index >= 15 is 0 Å². The molecule has 3 aromatic rings. The molecule has 2 aromatic carbocycles.